The second-order valence-electron chi connectivity index (χ2n) is 5.67. The van der Waals surface area contributed by atoms with Gasteiger partial charge in [0.15, 0.2) is 12.6 Å². The Morgan fingerprint density at radius 3 is 2.08 bits per heavy atom. The molecule has 12 heteroatoms. The van der Waals surface area contributed by atoms with Crippen LogP contribution in [0.1, 0.15) is 0 Å². The van der Waals surface area contributed by atoms with E-state index in [1.165, 1.54) is 0 Å². The lowest BCUT2D eigenvalue weighted by molar-refractivity contribution is -0.388. The monoisotopic (exact) mass is 360 g/mol. The minimum atomic E-state index is -3.46. The average molecular weight is 360 g/mol. The minimum absolute atomic E-state index is 0.757. The van der Waals surface area contributed by atoms with Gasteiger partial charge in [-0.1, -0.05) is 0 Å². The molecule has 0 aromatic heterocycles. The van der Waals surface area contributed by atoms with E-state index in [0.29, 0.717) is 0 Å². The summed E-state index contributed by atoms with van der Waals surface area (Å²) in [7, 11) is 0. The van der Waals surface area contributed by atoms with Gasteiger partial charge in [0, 0.05) is 0 Å². The smallest absolute Gasteiger partial charge is 0.264 e. The van der Waals surface area contributed by atoms with E-state index in [-0.39, 0.29) is 0 Å². The van der Waals surface area contributed by atoms with E-state index in [2.05, 4.69) is 0 Å². The molecule has 11 nitrogen and oxygen atoms in total. The van der Waals surface area contributed by atoms with E-state index in [1.54, 1.807) is 0 Å². The standard InChI is InChI=1S/C12H21FO11/c13-12(21)4(2-15)23-11(7(18)9(12)19)24-8-3(1-14)22-10(20)6(17)5(8)16/h3-11,14-21H,1-2H2/t3-,4-,5-,6-,7-,8-,9+,10-,11-,12-/m1/s1. The molecule has 0 amide bonds. The van der Waals surface area contributed by atoms with Crippen LogP contribution in [0.25, 0.3) is 0 Å². The molecule has 0 aromatic rings. The molecule has 10 atom stereocenters. The molecule has 2 fully saturated rings. The lowest BCUT2D eigenvalue weighted by Gasteiger charge is -2.46. The first kappa shape index (κ1) is 19.8. The molecule has 0 spiro atoms. The summed E-state index contributed by atoms with van der Waals surface area (Å²) in [6.45, 7) is -1.82. The van der Waals surface area contributed by atoms with Crippen LogP contribution in [0, 0.1) is 0 Å². The fourth-order valence-electron chi connectivity index (χ4n) is 2.59. The molecule has 0 aliphatic carbocycles. The second kappa shape index (κ2) is 7.39. The normalized spacial score (nSPS) is 53.1. The first-order chi connectivity index (χ1) is 11.1. The summed E-state index contributed by atoms with van der Waals surface area (Å²) in [5.74, 6) is -3.46. The highest BCUT2D eigenvalue weighted by Gasteiger charge is 2.57. The molecule has 24 heavy (non-hydrogen) atoms. The van der Waals surface area contributed by atoms with Gasteiger partial charge in [-0.2, -0.15) is 0 Å². The van der Waals surface area contributed by atoms with Crippen molar-refractivity contribution in [2.75, 3.05) is 13.2 Å². The largest absolute Gasteiger partial charge is 0.394 e. The Kier molecular flexibility index (Phi) is 6.10. The van der Waals surface area contributed by atoms with Gasteiger partial charge in [-0.3, -0.25) is 0 Å². The van der Waals surface area contributed by atoms with E-state index in [9.17, 15) is 40.1 Å². The van der Waals surface area contributed by atoms with Crippen LogP contribution < -0.4 is 0 Å². The van der Waals surface area contributed by atoms with Gasteiger partial charge in [-0.25, -0.2) is 4.39 Å². The van der Waals surface area contributed by atoms with Crippen LogP contribution in [0.15, 0.2) is 0 Å². The van der Waals surface area contributed by atoms with Gasteiger partial charge < -0.3 is 55.1 Å². The van der Waals surface area contributed by atoms with Gasteiger partial charge in [0.25, 0.3) is 5.85 Å². The van der Waals surface area contributed by atoms with E-state index in [4.69, 9.17) is 19.3 Å². The summed E-state index contributed by atoms with van der Waals surface area (Å²) in [6, 6.07) is 0. The molecule has 2 aliphatic heterocycles. The maximum Gasteiger partial charge on any atom is 0.264 e. The third-order valence-electron chi connectivity index (χ3n) is 4.06. The third-order valence-corrected chi connectivity index (χ3v) is 4.06. The molecular weight excluding hydrogens is 339 g/mol. The van der Waals surface area contributed by atoms with Crippen LogP contribution in [0.5, 0.6) is 0 Å². The SMILES string of the molecule is OC[C@H]1O[C@@H](O)[C@H](O)[C@@H](O)[C@@H]1O[C@H]1O[C@H](CO)[C@](O)(F)[C@@H](O)[C@H]1O. The lowest BCUT2D eigenvalue weighted by atomic mass is 9.95. The van der Waals surface area contributed by atoms with Gasteiger partial charge in [-0.05, 0) is 0 Å². The molecule has 0 bridgehead atoms. The number of alkyl halides is 1. The molecule has 0 saturated carbocycles. The van der Waals surface area contributed by atoms with Crippen molar-refractivity contribution in [1.82, 2.24) is 0 Å². The Morgan fingerprint density at radius 2 is 1.54 bits per heavy atom. The van der Waals surface area contributed by atoms with Crippen molar-refractivity contribution < 1.29 is 59.5 Å². The Hall–Kier alpha value is -0.510. The van der Waals surface area contributed by atoms with Crippen LogP contribution >= 0.6 is 0 Å². The van der Waals surface area contributed by atoms with E-state index < -0.39 is 74.4 Å². The second-order valence-corrected chi connectivity index (χ2v) is 5.67. The van der Waals surface area contributed by atoms with Crippen LogP contribution in [0.3, 0.4) is 0 Å². The van der Waals surface area contributed by atoms with Crippen molar-refractivity contribution in [1.29, 1.82) is 0 Å². The fraction of sp³-hybridized carbons (Fsp3) is 1.00. The van der Waals surface area contributed by atoms with E-state index >= 15 is 0 Å². The van der Waals surface area contributed by atoms with Crippen molar-refractivity contribution >= 4 is 0 Å². The predicted octanol–water partition coefficient (Wildman–Crippen LogP) is -5.10. The summed E-state index contributed by atoms with van der Waals surface area (Å²) in [6.07, 6.45) is -16.6. The molecule has 2 heterocycles. The summed E-state index contributed by atoms with van der Waals surface area (Å²) in [5, 5.41) is 75.9. The average Bonchev–Trinajstić information content (AvgIpc) is 2.55. The first-order valence-corrected chi connectivity index (χ1v) is 7.14. The molecule has 0 unspecified atom stereocenters. The Balaban J connectivity index is 2.16. The lowest BCUT2D eigenvalue weighted by Crippen LogP contribution is -2.67. The highest BCUT2D eigenvalue weighted by molar-refractivity contribution is 4.97. The molecule has 0 aromatic carbocycles. The zero-order valence-corrected chi connectivity index (χ0v) is 12.3. The van der Waals surface area contributed by atoms with E-state index in [1.807, 2.05) is 0 Å². The van der Waals surface area contributed by atoms with Gasteiger partial charge in [0.1, 0.15) is 42.7 Å². The maximum absolute atomic E-state index is 13.9. The molecule has 2 rings (SSSR count). The van der Waals surface area contributed by atoms with E-state index in [0.717, 1.165) is 0 Å². The van der Waals surface area contributed by atoms with Crippen LogP contribution in [-0.2, 0) is 14.2 Å². The van der Waals surface area contributed by atoms with Gasteiger partial charge >= 0.3 is 0 Å². The van der Waals surface area contributed by atoms with Crippen molar-refractivity contribution in [3.63, 3.8) is 0 Å². The quantitative estimate of drug-likeness (QED) is 0.239. The summed E-state index contributed by atoms with van der Waals surface area (Å²) >= 11 is 0. The Morgan fingerprint density at radius 1 is 0.917 bits per heavy atom. The number of aliphatic hydroxyl groups excluding tert-OH is 7. The Bertz CT molecular complexity index is 418. The first-order valence-electron chi connectivity index (χ1n) is 7.14. The fourth-order valence-corrected chi connectivity index (χ4v) is 2.59. The molecule has 0 radical (unpaired) electrons. The highest BCUT2D eigenvalue weighted by Crippen LogP contribution is 2.33. The number of ether oxygens (including phenoxy) is 3. The molecule has 142 valence electrons. The molecule has 2 aliphatic rings. The zero-order chi connectivity index (χ0) is 18.2. The summed E-state index contributed by atoms with van der Waals surface area (Å²) in [5.41, 5.74) is 0. The summed E-state index contributed by atoms with van der Waals surface area (Å²) in [4.78, 5) is 0. The Labute approximate surface area is 135 Å². The maximum atomic E-state index is 13.9. The van der Waals surface area contributed by atoms with Crippen LogP contribution in [0.4, 0.5) is 4.39 Å². The number of halogens is 1. The molecule has 2 saturated heterocycles. The highest BCUT2D eigenvalue weighted by atomic mass is 19.2. The predicted molar refractivity (Wildman–Crippen MR) is 68.7 cm³/mol. The molecular formula is C12H21FO11. The topological polar surface area (TPSA) is 190 Å². The third kappa shape index (κ3) is 3.40. The van der Waals surface area contributed by atoms with Crippen molar-refractivity contribution in [3.05, 3.63) is 0 Å². The van der Waals surface area contributed by atoms with Crippen LogP contribution in [0.2, 0.25) is 0 Å². The van der Waals surface area contributed by atoms with Gasteiger partial charge in [0.05, 0.1) is 13.2 Å². The number of hydrogen-bond donors (Lipinski definition) is 8. The zero-order valence-electron chi connectivity index (χ0n) is 12.3. The van der Waals surface area contributed by atoms with Crippen molar-refractivity contribution in [2.45, 2.75) is 61.2 Å². The molecule has 8 N–H and O–H groups in total. The minimum Gasteiger partial charge on any atom is -0.394 e. The summed E-state index contributed by atoms with van der Waals surface area (Å²) < 4.78 is 28.7. The van der Waals surface area contributed by atoms with Crippen molar-refractivity contribution in [3.8, 4) is 0 Å². The van der Waals surface area contributed by atoms with Gasteiger partial charge in [0.2, 0.25) is 0 Å². The number of rotatable bonds is 4. The number of aliphatic hydroxyl groups is 8. The van der Waals surface area contributed by atoms with Crippen molar-refractivity contribution in [2.24, 2.45) is 0 Å². The number of hydrogen-bond acceptors (Lipinski definition) is 11. The van der Waals surface area contributed by atoms with Crippen LogP contribution in [-0.4, -0.2) is 115 Å². The van der Waals surface area contributed by atoms with Gasteiger partial charge in [-0.15, -0.1) is 0 Å².